The first-order valence-corrected chi connectivity index (χ1v) is 6.95. The molecular formula is C11H15IO4. The molecule has 0 aromatic rings. The topological polar surface area (TPSA) is 55.8 Å². The Balaban J connectivity index is 2.05. The van der Waals surface area contributed by atoms with Crippen LogP contribution >= 0.6 is 22.6 Å². The molecule has 3 saturated heterocycles. The fraction of sp³-hybridized carbons (Fsp3) is 0.909. The largest absolute Gasteiger partial charge is 0.462 e. The van der Waals surface area contributed by atoms with E-state index < -0.39 is 11.7 Å². The lowest BCUT2D eigenvalue weighted by atomic mass is 9.82. The van der Waals surface area contributed by atoms with Crippen LogP contribution in [0.4, 0.5) is 0 Å². The van der Waals surface area contributed by atoms with Crippen molar-refractivity contribution in [2.45, 2.75) is 54.0 Å². The summed E-state index contributed by atoms with van der Waals surface area (Å²) in [6, 6.07) is 0. The maximum Gasteiger partial charge on any atom is 0.314 e. The van der Waals surface area contributed by atoms with Gasteiger partial charge in [-0.05, 0) is 26.2 Å². The van der Waals surface area contributed by atoms with Gasteiger partial charge in [0.1, 0.15) is 12.0 Å². The van der Waals surface area contributed by atoms with Gasteiger partial charge in [-0.25, -0.2) is 0 Å². The smallest absolute Gasteiger partial charge is 0.314 e. The Hall–Kier alpha value is 0.120. The number of rotatable bonds is 0. The molecule has 4 nitrogen and oxygen atoms in total. The average molecular weight is 338 g/mol. The Bertz CT molecular complexity index is 347. The zero-order chi connectivity index (χ0) is 11.6. The SMILES string of the molecule is C[C@@]12CC[C@H]3C[C@](O)(O1)[C@@H](C[C@@H]2I)C(=O)O3. The van der Waals surface area contributed by atoms with Crippen molar-refractivity contribution in [2.24, 2.45) is 5.92 Å². The van der Waals surface area contributed by atoms with Gasteiger partial charge in [-0.1, -0.05) is 22.6 Å². The normalized spacial score (nSPS) is 55.7. The van der Waals surface area contributed by atoms with Gasteiger partial charge in [-0.3, -0.25) is 4.79 Å². The summed E-state index contributed by atoms with van der Waals surface area (Å²) in [5, 5.41) is 10.5. The molecule has 0 unspecified atom stereocenters. The maximum absolute atomic E-state index is 11.8. The zero-order valence-corrected chi connectivity index (χ0v) is 11.3. The molecule has 5 heteroatoms. The van der Waals surface area contributed by atoms with E-state index in [9.17, 15) is 9.90 Å². The molecule has 3 rings (SSSR count). The molecule has 0 aromatic heterocycles. The van der Waals surface area contributed by atoms with Crippen LogP contribution in [0, 0.1) is 5.92 Å². The van der Waals surface area contributed by atoms with Gasteiger partial charge in [0.2, 0.25) is 0 Å². The molecule has 0 amide bonds. The van der Waals surface area contributed by atoms with Crippen LogP contribution in [0.1, 0.15) is 32.6 Å². The fourth-order valence-electron chi connectivity index (χ4n) is 3.07. The lowest BCUT2D eigenvalue weighted by Gasteiger charge is -2.50. The number of esters is 1. The molecule has 0 radical (unpaired) electrons. The van der Waals surface area contributed by atoms with Crippen LogP contribution in [-0.4, -0.2) is 32.5 Å². The molecule has 3 aliphatic heterocycles. The maximum atomic E-state index is 11.8. The van der Waals surface area contributed by atoms with Crippen molar-refractivity contribution in [1.29, 1.82) is 0 Å². The van der Waals surface area contributed by atoms with E-state index in [1.165, 1.54) is 0 Å². The first-order chi connectivity index (χ1) is 7.43. The van der Waals surface area contributed by atoms with Crippen LogP contribution in [0.3, 0.4) is 0 Å². The number of carbonyl (C=O) groups is 1. The van der Waals surface area contributed by atoms with Gasteiger partial charge in [-0.2, -0.15) is 0 Å². The predicted octanol–water partition coefficient (Wildman–Crippen LogP) is 1.38. The third kappa shape index (κ3) is 1.44. The van der Waals surface area contributed by atoms with Gasteiger partial charge in [0.25, 0.3) is 0 Å². The van der Waals surface area contributed by atoms with Gasteiger partial charge in [0, 0.05) is 10.3 Å². The standard InChI is InChI=1S/C11H15IO4/c1-10-3-2-6-5-11(14,16-10)7(4-8(10)12)9(13)15-6/h6-8,14H,2-5H2,1H3/t6-,7-,8-,10-,11-/m0/s1. The Labute approximate surface area is 108 Å². The first-order valence-electron chi connectivity index (χ1n) is 5.70. The summed E-state index contributed by atoms with van der Waals surface area (Å²) in [7, 11) is 0. The second-order valence-corrected chi connectivity index (χ2v) is 6.82. The van der Waals surface area contributed by atoms with Crippen LogP contribution < -0.4 is 0 Å². The molecule has 3 fully saturated rings. The van der Waals surface area contributed by atoms with Crippen molar-refractivity contribution in [2.75, 3.05) is 0 Å². The Morgan fingerprint density at radius 3 is 3.06 bits per heavy atom. The van der Waals surface area contributed by atoms with Crippen molar-refractivity contribution in [3.05, 3.63) is 0 Å². The van der Waals surface area contributed by atoms with Gasteiger partial charge in [-0.15, -0.1) is 0 Å². The van der Waals surface area contributed by atoms with Gasteiger partial charge < -0.3 is 14.6 Å². The van der Waals surface area contributed by atoms with E-state index >= 15 is 0 Å². The summed E-state index contributed by atoms with van der Waals surface area (Å²) >= 11 is 2.33. The summed E-state index contributed by atoms with van der Waals surface area (Å²) in [4.78, 5) is 11.8. The minimum Gasteiger partial charge on any atom is -0.462 e. The molecule has 1 N–H and O–H groups in total. The highest BCUT2D eigenvalue weighted by Gasteiger charge is 2.61. The molecular weight excluding hydrogens is 323 g/mol. The van der Waals surface area contributed by atoms with Crippen molar-refractivity contribution in [1.82, 2.24) is 0 Å². The third-order valence-corrected chi connectivity index (χ3v) is 5.94. The van der Waals surface area contributed by atoms with Crippen LogP contribution in [0.5, 0.6) is 0 Å². The van der Waals surface area contributed by atoms with E-state index in [4.69, 9.17) is 9.47 Å². The minimum atomic E-state index is -1.28. The number of hydrogen-bond acceptors (Lipinski definition) is 4. The van der Waals surface area contributed by atoms with E-state index in [1.54, 1.807) is 0 Å². The van der Waals surface area contributed by atoms with Gasteiger partial charge in [0.05, 0.1) is 5.60 Å². The second-order valence-electron chi connectivity index (χ2n) is 5.32. The van der Waals surface area contributed by atoms with E-state index in [1.807, 2.05) is 6.92 Å². The Morgan fingerprint density at radius 2 is 2.31 bits per heavy atom. The molecule has 3 bridgehead atoms. The monoisotopic (exact) mass is 338 g/mol. The molecule has 0 spiro atoms. The van der Waals surface area contributed by atoms with Gasteiger partial charge in [0.15, 0.2) is 5.79 Å². The summed E-state index contributed by atoms with van der Waals surface area (Å²) in [6.45, 7) is 2.03. The van der Waals surface area contributed by atoms with Crippen LogP contribution in [0.25, 0.3) is 0 Å². The number of fused-ring (bicyclic) bond motifs is 2. The lowest BCUT2D eigenvalue weighted by Crippen LogP contribution is -2.61. The second kappa shape index (κ2) is 3.32. The van der Waals surface area contributed by atoms with E-state index in [0.29, 0.717) is 12.8 Å². The Kier molecular flexibility index (Phi) is 2.33. The van der Waals surface area contributed by atoms with Gasteiger partial charge >= 0.3 is 5.97 Å². The van der Waals surface area contributed by atoms with Crippen molar-refractivity contribution in [3.63, 3.8) is 0 Å². The number of carbonyl (C=O) groups excluding carboxylic acids is 1. The van der Waals surface area contributed by atoms with Crippen molar-refractivity contribution < 1.29 is 19.4 Å². The molecule has 3 aliphatic rings. The number of alkyl halides is 1. The van der Waals surface area contributed by atoms with E-state index in [2.05, 4.69) is 22.6 Å². The number of halogens is 1. The molecule has 5 atom stereocenters. The summed E-state index contributed by atoms with van der Waals surface area (Å²) in [5.74, 6) is -2.08. The fourth-order valence-corrected chi connectivity index (χ4v) is 4.02. The molecule has 0 saturated carbocycles. The zero-order valence-electron chi connectivity index (χ0n) is 9.11. The molecule has 0 aromatic carbocycles. The summed E-state index contributed by atoms with van der Waals surface area (Å²) in [6.07, 6.45) is 2.54. The minimum absolute atomic E-state index is 0.169. The van der Waals surface area contributed by atoms with E-state index in [-0.39, 0.29) is 21.6 Å². The average Bonchev–Trinajstić information content (AvgIpc) is 2.24. The highest BCUT2D eigenvalue weighted by Crippen LogP contribution is 2.51. The van der Waals surface area contributed by atoms with Crippen molar-refractivity contribution in [3.8, 4) is 0 Å². The van der Waals surface area contributed by atoms with Crippen LogP contribution in [0.15, 0.2) is 0 Å². The summed E-state index contributed by atoms with van der Waals surface area (Å²) in [5.41, 5.74) is -0.325. The Morgan fingerprint density at radius 1 is 1.56 bits per heavy atom. The highest BCUT2D eigenvalue weighted by atomic mass is 127. The van der Waals surface area contributed by atoms with Crippen LogP contribution in [-0.2, 0) is 14.3 Å². The van der Waals surface area contributed by atoms with E-state index in [0.717, 1.165) is 12.8 Å². The molecule has 3 heterocycles. The third-order valence-electron chi connectivity index (χ3n) is 4.11. The first kappa shape index (κ1) is 11.2. The van der Waals surface area contributed by atoms with Crippen LogP contribution in [0.2, 0.25) is 0 Å². The highest BCUT2D eigenvalue weighted by molar-refractivity contribution is 14.1. The lowest BCUT2D eigenvalue weighted by molar-refractivity contribution is -0.318. The number of ether oxygens (including phenoxy) is 2. The van der Waals surface area contributed by atoms with Crippen molar-refractivity contribution >= 4 is 28.6 Å². The number of aliphatic hydroxyl groups is 1. The molecule has 16 heavy (non-hydrogen) atoms. The summed E-state index contributed by atoms with van der Waals surface area (Å²) < 4.78 is 11.5. The molecule has 90 valence electrons. The quantitative estimate of drug-likeness (QED) is 0.412. The predicted molar refractivity (Wildman–Crippen MR) is 64.1 cm³/mol. The number of hydrogen-bond donors (Lipinski definition) is 1. The molecule has 0 aliphatic carbocycles.